The SMILES string of the molecule is c1cnc(N2CCOC3CCCC32)c(CNC2CC2)c1. The predicted octanol–water partition coefficient (Wildman–Crippen LogP) is 2.09. The molecule has 4 rings (SSSR count). The van der Waals surface area contributed by atoms with Crippen LogP contribution < -0.4 is 10.2 Å². The molecule has 108 valence electrons. The van der Waals surface area contributed by atoms with Crippen molar-refractivity contribution in [3.8, 4) is 0 Å². The zero-order valence-electron chi connectivity index (χ0n) is 11.9. The van der Waals surface area contributed by atoms with E-state index in [0.29, 0.717) is 12.1 Å². The van der Waals surface area contributed by atoms with Crippen molar-refractivity contribution in [2.45, 2.75) is 56.8 Å². The van der Waals surface area contributed by atoms with Crippen LogP contribution in [-0.2, 0) is 11.3 Å². The summed E-state index contributed by atoms with van der Waals surface area (Å²) in [5.74, 6) is 1.18. The monoisotopic (exact) mass is 273 g/mol. The molecule has 3 aliphatic rings. The van der Waals surface area contributed by atoms with E-state index in [9.17, 15) is 0 Å². The fourth-order valence-electron chi connectivity index (χ4n) is 3.56. The van der Waals surface area contributed by atoms with E-state index in [1.807, 2.05) is 6.20 Å². The largest absolute Gasteiger partial charge is 0.374 e. The Balaban J connectivity index is 1.56. The summed E-state index contributed by atoms with van der Waals surface area (Å²) in [5.41, 5.74) is 1.34. The lowest BCUT2D eigenvalue weighted by molar-refractivity contribution is 0.0252. The topological polar surface area (TPSA) is 37.4 Å². The Kier molecular flexibility index (Phi) is 3.36. The van der Waals surface area contributed by atoms with Crippen LogP contribution in [0.1, 0.15) is 37.7 Å². The number of nitrogens with one attached hydrogen (secondary N) is 1. The van der Waals surface area contributed by atoms with E-state index < -0.39 is 0 Å². The van der Waals surface area contributed by atoms with Gasteiger partial charge in [-0.25, -0.2) is 4.98 Å². The normalized spacial score (nSPS) is 29.5. The molecule has 1 aliphatic heterocycles. The standard InChI is InChI=1S/C16H23N3O/c1-4-14-15(5-1)20-10-9-19(14)16-12(3-2-8-17-16)11-18-13-6-7-13/h2-3,8,13-15,18H,1,4-7,9-11H2. The van der Waals surface area contributed by atoms with Crippen LogP contribution in [0.15, 0.2) is 18.3 Å². The molecule has 1 aromatic rings. The van der Waals surface area contributed by atoms with E-state index in [1.54, 1.807) is 0 Å². The van der Waals surface area contributed by atoms with E-state index in [2.05, 4.69) is 22.3 Å². The molecular formula is C16H23N3O. The van der Waals surface area contributed by atoms with Gasteiger partial charge in [-0.15, -0.1) is 0 Å². The van der Waals surface area contributed by atoms with Crippen molar-refractivity contribution in [1.82, 2.24) is 10.3 Å². The van der Waals surface area contributed by atoms with Gasteiger partial charge in [-0.2, -0.15) is 0 Å². The van der Waals surface area contributed by atoms with Crippen molar-refractivity contribution in [3.05, 3.63) is 23.9 Å². The molecule has 1 aromatic heterocycles. The quantitative estimate of drug-likeness (QED) is 0.911. The molecule has 0 radical (unpaired) electrons. The van der Waals surface area contributed by atoms with Crippen LogP contribution in [0.2, 0.25) is 0 Å². The third kappa shape index (κ3) is 2.42. The molecule has 0 aromatic carbocycles. The summed E-state index contributed by atoms with van der Waals surface area (Å²) >= 11 is 0. The molecule has 2 unspecified atom stereocenters. The minimum atomic E-state index is 0.426. The van der Waals surface area contributed by atoms with E-state index in [0.717, 1.165) is 25.7 Å². The Morgan fingerprint density at radius 1 is 1.30 bits per heavy atom. The molecule has 1 saturated heterocycles. The fourth-order valence-corrected chi connectivity index (χ4v) is 3.56. The van der Waals surface area contributed by atoms with Gasteiger partial charge in [0, 0.05) is 30.9 Å². The van der Waals surface area contributed by atoms with Crippen LogP contribution in [0.4, 0.5) is 5.82 Å². The van der Waals surface area contributed by atoms with Crippen LogP contribution in [0.5, 0.6) is 0 Å². The fraction of sp³-hybridized carbons (Fsp3) is 0.688. The maximum Gasteiger partial charge on any atom is 0.133 e. The summed E-state index contributed by atoms with van der Waals surface area (Å²) in [5, 5.41) is 3.61. The van der Waals surface area contributed by atoms with Gasteiger partial charge in [-0.3, -0.25) is 0 Å². The van der Waals surface area contributed by atoms with Crippen molar-refractivity contribution in [2.24, 2.45) is 0 Å². The molecule has 4 nitrogen and oxygen atoms in total. The number of morpholine rings is 1. The number of pyridine rings is 1. The number of fused-ring (bicyclic) bond motifs is 1. The van der Waals surface area contributed by atoms with Crippen LogP contribution in [0.3, 0.4) is 0 Å². The maximum absolute atomic E-state index is 5.92. The highest BCUT2D eigenvalue weighted by atomic mass is 16.5. The van der Waals surface area contributed by atoms with Gasteiger partial charge in [-0.1, -0.05) is 6.07 Å². The summed E-state index contributed by atoms with van der Waals surface area (Å²) in [6, 6.07) is 5.56. The summed E-state index contributed by atoms with van der Waals surface area (Å²) < 4.78 is 5.92. The Morgan fingerprint density at radius 2 is 2.25 bits per heavy atom. The third-order valence-corrected chi connectivity index (χ3v) is 4.78. The summed E-state index contributed by atoms with van der Waals surface area (Å²) in [7, 11) is 0. The van der Waals surface area contributed by atoms with E-state index in [4.69, 9.17) is 9.72 Å². The molecule has 1 N–H and O–H groups in total. The minimum absolute atomic E-state index is 0.426. The molecule has 2 aliphatic carbocycles. The lowest BCUT2D eigenvalue weighted by Gasteiger charge is -2.39. The number of hydrogen-bond acceptors (Lipinski definition) is 4. The predicted molar refractivity (Wildman–Crippen MR) is 78.8 cm³/mol. The highest BCUT2D eigenvalue weighted by Crippen LogP contribution is 2.33. The number of aromatic nitrogens is 1. The first-order valence-electron chi connectivity index (χ1n) is 7.97. The Morgan fingerprint density at radius 3 is 3.15 bits per heavy atom. The molecule has 20 heavy (non-hydrogen) atoms. The number of anilines is 1. The highest BCUT2D eigenvalue weighted by Gasteiger charge is 2.37. The van der Waals surface area contributed by atoms with Crippen molar-refractivity contribution in [1.29, 1.82) is 0 Å². The molecule has 0 spiro atoms. The van der Waals surface area contributed by atoms with E-state index in [-0.39, 0.29) is 0 Å². The smallest absolute Gasteiger partial charge is 0.133 e. The van der Waals surface area contributed by atoms with Crippen LogP contribution in [0, 0.1) is 0 Å². The van der Waals surface area contributed by atoms with Gasteiger partial charge in [0.15, 0.2) is 0 Å². The molecule has 2 heterocycles. The lowest BCUT2D eigenvalue weighted by Crippen LogP contribution is -2.49. The van der Waals surface area contributed by atoms with Gasteiger partial charge in [0.1, 0.15) is 5.82 Å². The van der Waals surface area contributed by atoms with Gasteiger partial charge in [0.05, 0.1) is 18.8 Å². The first-order chi connectivity index (χ1) is 9.92. The Bertz CT molecular complexity index is 475. The molecule has 0 amide bonds. The summed E-state index contributed by atoms with van der Waals surface area (Å²) in [4.78, 5) is 7.20. The zero-order valence-corrected chi connectivity index (χ0v) is 11.9. The van der Waals surface area contributed by atoms with E-state index in [1.165, 1.54) is 43.5 Å². The third-order valence-electron chi connectivity index (χ3n) is 4.78. The van der Waals surface area contributed by atoms with Crippen LogP contribution in [-0.4, -0.2) is 36.3 Å². The number of nitrogens with zero attached hydrogens (tertiary/aromatic N) is 2. The Hall–Kier alpha value is -1.13. The average molecular weight is 273 g/mol. The second-order valence-corrected chi connectivity index (χ2v) is 6.24. The van der Waals surface area contributed by atoms with Crippen molar-refractivity contribution < 1.29 is 4.74 Å². The van der Waals surface area contributed by atoms with Gasteiger partial charge in [-0.05, 0) is 38.2 Å². The number of hydrogen-bond donors (Lipinski definition) is 1. The first-order valence-corrected chi connectivity index (χ1v) is 7.97. The molecule has 2 saturated carbocycles. The first kappa shape index (κ1) is 12.6. The zero-order chi connectivity index (χ0) is 13.4. The second kappa shape index (κ2) is 5.34. The summed E-state index contributed by atoms with van der Waals surface area (Å²) in [6.45, 7) is 2.77. The highest BCUT2D eigenvalue weighted by molar-refractivity contribution is 5.48. The lowest BCUT2D eigenvalue weighted by atomic mass is 10.1. The van der Waals surface area contributed by atoms with Crippen molar-refractivity contribution >= 4 is 5.82 Å². The van der Waals surface area contributed by atoms with Gasteiger partial charge in [0.2, 0.25) is 0 Å². The molecule has 3 fully saturated rings. The minimum Gasteiger partial charge on any atom is -0.374 e. The van der Waals surface area contributed by atoms with Gasteiger partial charge < -0.3 is 15.0 Å². The Labute approximate surface area is 120 Å². The summed E-state index contributed by atoms with van der Waals surface area (Å²) in [6.07, 6.45) is 8.76. The van der Waals surface area contributed by atoms with Gasteiger partial charge >= 0.3 is 0 Å². The average Bonchev–Trinajstić information content (AvgIpc) is 3.20. The molecular weight excluding hydrogens is 250 g/mol. The number of ether oxygens (including phenoxy) is 1. The van der Waals surface area contributed by atoms with Crippen molar-refractivity contribution in [2.75, 3.05) is 18.1 Å². The van der Waals surface area contributed by atoms with E-state index >= 15 is 0 Å². The van der Waals surface area contributed by atoms with Crippen LogP contribution in [0.25, 0.3) is 0 Å². The number of rotatable bonds is 4. The van der Waals surface area contributed by atoms with Crippen molar-refractivity contribution in [3.63, 3.8) is 0 Å². The molecule has 2 atom stereocenters. The molecule has 0 bridgehead atoms. The maximum atomic E-state index is 5.92. The van der Waals surface area contributed by atoms with Crippen LogP contribution >= 0.6 is 0 Å². The second-order valence-electron chi connectivity index (χ2n) is 6.24. The molecule has 4 heteroatoms. The van der Waals surface area contributed by atoms with Gasteiger partial charge in [0.25, 0.3) is 0 Å².